The Morgan fingerprint density at radius 1 is 1.28 bits per heavy atom. The topological polar surface area (TPSA) is 46.5 Å². The second kappa shape index (κ2) is 7.06. The largest absolute Gasteiger partial charge is 0.465 e. The van der Waals surface area contributed by atoms with E-state index in [9.17, 15) is 9.90 Å². The second-order valence-electron chi connectivity index (χ2n) is 9.48. The summed E-state index contributed by atoms with van der Waals surface area (Å²) >= 11 is 0. The third-order valence-electron chi connectivity index (χ3n) is 8.18. The van der Waals surface area contributed by atoms with Crippen LogP contribution >= 0.6 is 0 Å². The molecule has 0 unspecified atom stereocenters. The fraction of sp³-hybridized carbons (Fsp3) is 0.864. The quantitative estimate of drug-likeness (QED) is 0.592. The standard InChI is InChI=1S/C22H36O3/c1-15-17(10-13-23)6-8-19-18(15)7-9-20-21(3,14-25-16(2)24)11-5-12-22(19,20)4/h10,15,18-20,23H,5-9,11-14H2,1-4H3/b17-10+/t15-,18+,19+,20+,21-,22+/m0/s1. The van der Waals surface area contributed by atoms with Crippen molar-refractivity contribution in [3.63, 3.8) is 0 Å². The van der Waals surface area contributed by atoms with Crippen molar-refractivity contribution < 1.29 is 14.6 Å². The lowest BCUT2D eigenvalue weighted by Crippen LogP contribution is -2.55. The SMILES string of the molecule is CC(=O)OC[C@]1(C)CCC[C@]2(C)[C@@H]3CC/C(=C\CO)[C@H](C)[C@H]3CC[C@H]12. The Kier molecular flexibility index (Phi) is 5.35. The molecule has 3 aliphatic carbocycles. The Labute approximate surface area is 153 Å². The molecule has 0 aromatic heterocycles. The number of carbonyl (C=O) groups excluding carboxylic acids is 1. The molecule has 3 aliphatic rings. The van der Waals surface area contributed by atoms with Crippen LogP contribution in [0.15, 0.2) is 11.6 Å². The number of aliphatic hydroxyl groups excluding tert-OH is 1. The normalized spacial score (nSPS) is 45.6. The first-order chi connectivity index (χ1) is 11.8. The van der Waals surface area contributed by atoms with Crippen LogP contribution in [0.3, 0.4) is 0 Å². The van der Waals surface area contributed by atoms with Crippen molar-refractivity contribution in [3.8, 4) is 0 Å². The molecule has 3 nitrogen and oxygen atoms in total. The van der Waals surface area contributed by atoms with Crippen LogP contribution in [0.1, 0.15) is 72.6 Å². The van der Waals surface area contributed by atoms with E-state index in [4.69, 9.17) is 4.74 Å². The molecule has 3 rings (SSSR count). The maximum Gasteiger partial charge on any atom is 0.302 e. The van der Waals surface area contributed by atoms with E-state index in [2.05, 4.69) is 26.8 Å². The zero-order valence-corrected chi connectivity index (χ0v) is 16.5. The number of hydrogen-bond acceptors (Lipinski definition) is 3. The summed E-state index contributed by atoms with van der Waals surface area (Å²) < 4.78 is 5.51. The highest BCUT2D eigenvalue weighted by atomic mass is 16.5. The molecule has 142 valence electrons. The van der Waals surface area contributed by atoms with Crippen molar-refractivity contribution in [1.82, 2.24) is 0 Å². The average molecular weight is 349 g/mol. The van der Waals surface area contributed by atoms with Gasteiger partial charge >= 0.3 is 5.97 Å². The van der Waals surface area contributed by atoms with E-state index >= 15 is 0 Å². The Balaban J connectivity index is 1.84. The number of rotatable bonds is 3. The van der Waals surface area contributed by atoms with Gasteiger partial charge in [0.15, 0.2) is 0 Å². The molecule has 25 heavy (non-hydrogen) atoms. The third kappa shape index (κ3) is 3.29. The van der Waals surface area contributed by atoms with E-state index in [0.717, 1.165) is 18.3 Å². The van der Waals surface area contributed by atoms with Gasteiger partial charge in [0.25, 0.3) is 0 Å². The molecule has 1 N–H and O–H groups in total. The minimum absolute atomic E-state index is 0.133. The molecule has 0 amide bonds. The lowest BCUT2D eigenvalue weighted by Gasteiger charge is -2.62. The molecule has 6 atom stereocenters. The maximum absolute atomic E-state index is 11.4. The van der Waals surface area contributed by atoms with Crippen molar-refractivity contribution >= 4 is 5.97 Å². The summed E-state index contributed by atoms with van der Waals surface area (Å²) in [6.07, 6.45) is 10.8. The third-order valence-corrected chi connectivity index (χ3v) is 8.18. The highest BCUT2D eigenvalue weighted by Gasteiger charge is 2.57. The van der Waals surface area contributed by atoms with Crippen LogP contribution in [0.25, 0.3) is 0 Å². The van der Waals surface area contributed by atoms with Crippen LogP contribution < -0.4 is 0 Å². The number of esters is 1. The van der Waals surface area contributed by atoms with Gasteiger partial charge < -0.3 is 9.84 Å². The molecule has 0 saturated heterocycles. The first-order valence-corrected chi connectivity index (χ1v) is 10.2. The molecule has 0 aromatic rings. The molecule has 0 bridgehead atoms. The van der Waals surface area contributed by atoms with E-state index in [0.29, 0.717) is 23.9 Å². The van der Waals surface area contributed by atoms with Crippen LogP contribution in [0.2, 0.25) is 0 Å². The van der Waals surface area contributed by atoms with Gasteiger partial charge in [-0.15, -0.1) is 0 Å². The molecule has 0 spiro atoms. The van der Waals surface area contributed by atoms with Gasteiger partial charge in [0.1, 0.15) is 0 Å². The van der Waals surface area contributed by atoms with Gasteiger partial charge in [-0.3, -0.25) is 4.79 Å². The molecule has 0 aromatic carbocycles. The minimum Gasteiger partial charge on any atom is -0.465 e. The summed E-state index contributed by atoms with van der Waals surface area (Å²) in [4.78, 5) is 11.4. The zero-order valence-electron chi connectivity index (χ0n) is 16.5. The Morgan fingerprint density at radius 2 is 2.04 bits per heavy atom. The second-order valence-corrected chi connectivity index (χ2v) is 9.48. The highest BCUT2D eigenvalue weighted by molar-refractivity contribution is 5.65. The fourth-order valence-electron chi connectivity index (χ4n) is 7.00. The predicted octanol–water partition coefficient (Wildman–Crippen LogP) is 4.74. The van der Waals surface area contributed by atoms with Gasteiger partial charge in [0, 0.05) is 12.3 Å². The van der Waals surface area contributed by atoms with E-state index < -0.39 is 0 Å². The van der Waals surface area contributed by atoms with Crippen LogP contribution in [0.5, 0.6) is 0 Å². The Hall–Kier alpha value is -0.830. The molecule has 0 radical (unpaired) electrons. The average Bonchev–Trinajstić information content (AvgIpc) is 2.56. The van der Waals surface area contributed by atoms with Crippen molar-refractivity contribution in [2.24, 2.45) is 34.5 Å². The summed E-state index contributed by atoms with van der Waals surface area (Å²) in [7, 11) is 0. The molecule has 3 saturated carbocycles. The molecule has 3 fully saturated rings. The number of allylic oxidation sites excluding steroid dienone is 1. The molecular formula is C22H36O3. The number of fused-ring (bicyclic) bond motifs is 3. The van der Waals surface area contributed by atoms with Gasteiger partial charge in [-0.05, 0) is 67.6 Å². The fourth-order valence-corrected chi connectivity index (χ4v) is 7.00. The summed E-state index contributed by atoms with van der Waals surface area (Å²) in [6, 6.07) is 0. The monoisotopic (exact) mass is 348 g/mol. The van der Waals surface area contributed by atoms with Crippen LogP contribution in [0.4, 0.5) is 0 Å². The van der Waals surface area contributed by atoms with E-state index in [1.54, 1.807) is 0 Å². The van der Waals surface area contributed by atoms with Crippen LogP contribution in [0, 0.1) is 34.5 Å². The van der Waals surface area contributed by atoms with Gasteiger partial charge in [-0.1, -0.05) is 38.8 Å². The Bertz CT molecular complexity index is 539. The van der Waals surface area contributed by atoms with Crippen LogP contribution in [-0.4, -0.2) is 24.3 Å². The lowest BCUT2D eigenvalue weighted by atomic mass is 9.43. The van der Waals surface area contributed by atoms with Crippen LogP contribution in [-0.2, 0) is 9.53 Å². The number of carbonyl (C=O) groups is 1. The molecule has 0 aliphatic heterocycles. The van der Waals surface area contributed by atoms with Gasteiger partial charge in [-0.25, -0.2) is 0 Å². The number of aliphatic hydroxyl groups is 1. The highest BCUT2D eigenvalue weighted by Crippen LogP contribution is 2.65. The van der Waals surface area contributed by atoms with Gasteiger partial charge in [-0.2, -0.15) is 0 Å². The van der Waals surface area contributed by atoms with E-state index in [-0.39, 0.29) is 18.0 Å². The van der Waals surface area contributed by atoms with E-state index in [1.165, 1.54) is 51.0 Å². The smallest absolute Gasteiger partial charge is 0.302 e. The first kappa shape index (κ1) is 18.9. The summed E-state index contributed by atoms with van der Waals surface area (Å²) in [5, 5.41) is 9.33. The minimum atomic E-state index is -0.146. The van der Waals surface area contributed by atoms with Crippen molar-refractivity contribution in [1.29, 1.82) is 0 Å². The first-order valence-electron chi connectivity index (χ1n) is 10.2. The van der Waals surface area contributed by atoms with Crippen molar-refractivity contribution in [2.75, 3.05) is 13.2 Å². The molecule has 3 heteroatoms. The molecule has 0 heterocycles. The summed E-state index contributed by atoms with van der Waals surface area (Å²) in [5.41, 5.74) is 1.98. The summed E-state index contributed by atoms with van der Waals surface area (Å²) in [5.74, 6) is 2.64. The number of ether oxygens (including phenoxy) is 1. The predicted molar refractivity (Wildman–Crippen MR) is 100.0 cm³/mol. The van der Waals surface area contributed by atoms with Gasteiger partial charge in [0.05, 0.1) is 13.2 Å². The van der Waals surface area contributed by atoms with Gasteiger partial charge in [0.2, 0.25) is 0 Å². The Morgan fingerprint density at radius 3 is 2.72 bits per heavy atom. The summed E-state index contributed by atoms with van der Waals surface area (Å²) in [6.45, 7) is 9.57. The number of hydrogen-bond donors (Lipinski definition) is 1. The van der Waals surface area contributed by atoms with E-state index in [1.807, 2.05) is 0 Å². The zero-order chi connectivity index (χ0) is 18.2. The lowest BCUT2D eigenvalue weighted by molar-refractivity contribution is -0.161. The maximum atomic E-state index is 11.4. The van der Waals surface area contributed by atoms with Crippen molar-refractivity contribution in [2.45, 2.75) is 72.6 Å². The molecular weight excluding hydrogens is 312 g/mol. The van der Waals surface area contributed by atoms with Crippen molar-refractivity contribution in [3.05, 3.63) is 11.6 Å².